The molecule has 3 nitrogen and oxygen atoms in total. The first-order valence-corrected chi connectivity index (χ1v) is 5.94. The van der Waals surface area contributed by atoms with Crippen molar-refractivity contribution in [2.24, 2.45) is 0 Å². The van der Waals surface area contributed by atoms with E-state index >= 15 is 0 Å². The molecule has 2 rings (SSSR count). The van der Waals surface area contributed by atoms with Crippen LogP contribution in [-0.2, 0) is 0 Å². The van der Waals surface area contributed by atoms with Crippen LogP contribution in [0.2, 0.25) is 0 Å². The number of ether oxygens (including phenoxy) is 2. The van der Waals surface area contributed by atoms with Crippen LogP contribution in [0.1, 0.15) is 15.9 Å². The Bertz CT molecular complexity index is 682. The van der Waals surface area contributed by atoms with E-state index in [1.165, 1.54) is 12.1 Å². The molecule has 0 unspecified atom stereocenters. The molecule has 0 aliphatic rings. The van der Waals surface area contributed by atoms with Crippen LogP contribution in [0.15, 0.2) is 30.3 Å². The molecule has 0 spiro atoms. The van der Waals surface area contributed by atoms with Crippen molar-refractivity contribution in [1.82, 2.24) is 0 Å². The van der Waals surface area contributed by atoms with Gasteiger partial charge in [-0.2, -0.15) is 4.39 Å². The summed E-state index contributed by atoms with van der Waals surface area (Å²) in [5.74, 6) is -6.16. The van der Waals surface area contributed by atoms with Crippen molar-refractivity contribution in [1.29, 1.82) is 0 Å². The van der Waals surface area contributed by atoms with Gasteiger partial charge in [-0.05, 0) is 25.1 Å². The molecule has 0 N–H and O–H groups in total. The number of hydrogen-bond acceptors (Lipinski definition) is 3. The van der Waals surface area contributed by atoms with E-state index in [2.05, 4.69) is 4.74 Å². The molecule has 0 atom stereocenters. The fourth-order valence-corrected chi connectivity index (χ4v) is 1.68. The fourth-order valence-electron chi connectivity index (χ4n) is 1.68. The lowest BCUT2D eigenvalue weighted by molar-refractivity contribution is 0.0728. The van der Waals surface area contributed by atoms with Crippen molar-refractivity contribution in [2.45, 2.75) is 6.92 Å². The van der Waals surface area contributed by atoms with Gasteiger partial charge in [-0.15, -0.1) is 0 Å². The Hall–Kier alpha value is -2.50. The van der Waals surface area contributed by atoms with E-state index in [0.717, 1.165) is 12.7 Å². The largest absolute Gasteiger partial charge is 0.491 e. The van der Waals surface area contributed by atoms with Crippen LogP contribution < -0.4 is 9.47 Å². The number of benzene rings is 2. The molecule has 0 bridgehead atoms. The van der Waals surface area contributed by atoms with Crippen LogP contribution in [-0.4, -0.2) is 13.1 Å². The van der Waals surface area contributed by atoms with Gasteiger partial charge < -0.3 is 9.47 Å². The number of hydrogen-bond donors (Lipinski definition) is 0. The predicted octanol–water partition coefficient (Wildman–Crippen LogP) is 3.64. The standard InChI is InChI=1S/C15H11F3O3/c1-8-3-5-9(6-4-8)21-15(19)10-7-11(16)13(18)14(20-2)12(10)17/h3-7H,1-2H3. The van der Waals surface area contributed by atoms with Gasteiger partial charge >= 0.3 is 5.97 Å². The van der Waals surface area contributed by atoms with Crippen molar-refractivity contribution in [3.8, 4) is 11.5 Å². The smallest absolute Gasteiger partial charge is 0.346 e. The van der Waals surface area contributed by atoms with Gasteiger partial charge in [0.15, 0.2) is 17.4 Å². The number of carbonyl (C=O) groups is 1. The van der Waals surface area contributed by atoms with Gasteiger partial charge in [0, 0.05) is 0 Å². The average molecular weight is 296 g/mol. The number of halogens is 3. The van der Waals surface area contributed by atoms with E-state index in [4.69, 9.17) is 4.74 Å². The number of rotatable bonds is 3. The monoisotopic (exact) mass is 296 g/mol. The molecule has 0 radical (unpaired) electrons. The van der Waals surface area contributed by atoms with Crippen LogP contribution in [0.25, 0.3) is 0 Å². The first-order chi connectivity index (χ1) is 9.93. The lowest BCUT2D eigenvalue weighted by Gasteiger charge is -2.09. The highest BCUT2D eigenvalue weighted by atomic mass is 19.2. The highest BCUT2D eigenvalue weighted by molar-refractivity contribution is 5.92. The molecule has 2 aromatic carbocycles. The van der Waals surface area contributed by atoms with Gasteiger partial charge in [-0.25, -0.2) is 13.6 Å². The van der Waals surface area contributed by atoms with Gasteiger partial charge in [-0.1, -0.05) is 17.7 Å². The summed E-state index contributed by atoms with van der Waals surface area (Å²) in [5, 5.41) is 0. The van der Waals surface area contributed by atoms with E-state index in [-0.39, 0.29) is 5.75 Å². The second kappa shape index (κ2) is 5.87. The Morgan fingerprint density at radius 3 is 2.24 bits per heavy atom. The van der Waals surface area contributed by atoms with Crippen molar-refractivity contribution in [3.63, 3.8) is 0 Å². The summed E-state index contributed by atoms with van der Waals surface area (Å²) in [6.45, 7) is 1.84. The molecule has 0 aliphatic heterocycles. The Balaban J connectivity index is 2.35. The van der Waals surface area contributed by atoms with E-state index in [1.807, 2.05) is 6.92 Å². The summed E-state index contributed by atoms with van der Waals surface area (Å²) < 4.78 is 49.8. The summed E-state index contributed by atoms with van der Waals surface area (Å²) >= 11 is 0. The van der Waals surface area contributed by atoms with Gasteiger partial charge in [-0.3, -0.25) is 0 Å². The van der Waals surface area contributed by atoms with E-state index in [0.29, 0.717) is 6.07 Å². The molecule has 110 valence electrons. The van der Waals surface area contributed by atoms with Crippen LogP contribution in [0.4, 0.5) is 13.2 Å². The Labute approximate surface area is 118 Å². The third-order valence-corrected chi connectivity index (χ3v) is 2.77. The molecule has 0 aromatic heterocycles. The van der Waals surface area contributed by atoms with Crippen molar-refractivity contribution >= 4 is 5.97 Å². The maximum atomic E-state index is 13.9. The maximum Gasteiger partial charge on any atom is 0.346 e. The van der Waals surface area contributed by atoms with Crippen molar-refractivity contribution in [2.75, 3.05) is 7.11 Å². The topological polar surface area (TPSA) is 35.5 Å². The minimum Gasteiger partial charge on any atom is -0.491 e. The molecule has 0 heterocycles. The quantitative estimate of drug-likeness (QED) is 0.493. The summed E-state index contributed by atoms with van der Waals surface area (Å²) in [7, 11) is 0.968. The normalized spacial score (nSPS) is 10.3. The van der Waals surface area contributed by atoms with Crippen molar-refractivity contribution in [3.05, 3.63) is 58.9 Å². The minimum atomic E-state index is -1.50. The lowest BCUT2D eigenvalue weighted by Crippen LogP contribution is -2.13. The molecule has 0 fully saturated rings. The zero-order valence-corrected chi connectivity index (χ0v) is 11.2. The Kier molecular flexibility index (Phi) is 4.16. The van der Waals surface area contributed by atoms with Crippen LogP contribution in [0, 0.1) is 24.4 Å². The first-order valence-electron chi connectivity index (χ1n) is 5.94. The molecule has 2 aromatic rings. The van der Waals surface area contributed by atoms with Gasteiger partial charge in [0.2, 0.25) is 5.82 Å². The van der Waals surface area contributed by atoms with Crippen LogP contribution in [0.3, 0.4) is 0 Å². The number of methoxy groups -OCH3 is 1. The molecule has 0 saturated carbocycles. The zero-order valence-electron chi connectivity index (χ0n) is 11.2. The second-order valence-corrected chi connectivity index (χ2v) is 4.27. The van der Waals surface area contributed by atoms with Crippen molar-refractivity contribution < 1.29 is 27.4 Å². The minimum absolute atomic E-state index is 0.161. The third kappa shape index (κ3) is 2.99. The van der Waals surface area contributed by atoms with E-state index in [9.17, 15) is 18.0 Å². The Morgan fingerprint density at radius 1 is 1.05 bits per heavy atom. The highest BCUT2D eigenvalue weighted by Crippen LogP contribution is 2.27. The fraction of sp³-hybridized carbons (Fsp3) is 0.133. The molecular formula is C15H11F3O3. The van der Waals surface area contributed by atoms with Crippen LogP contribution in [0.5, 0.6) is 11.5 Å². The van der Waals surface area contributed by atoms with Crippen LogP contribution >= 0.6 is 0 Å². The molecule has 21 heavy (non-hydrogen) atoms. The number of aryl methyl sites for hydroxylation is 1. The number of esters is 1. The molecule has 0 saturated heterocycles. The number of carbonyl (C=O) groups excluding carboxylic acids is 1. The first kappa shape index (κ1) is 14.9. The third-order valence-electron chi connectivity index (χ3n) is 2.77. The second-order valence-electron chi connectivity index (χ2n) is 4.27. The van der Waals surface area contributed by atoms with E-state index in [1.54, 1.807) is 12.1 Å². The van der Waals surface area contributed by atoms with Gasteiger partial charge in [0.25, 0.3) is 0 Å². The van der Waals surface area contributed by atoms with Gasteiger partial charge in [0.05, 0.1) is 7.11 Å². The van der Waals surface area contributed by atoms with E-state index < -0.39 is 34.7 Å². The molecule has 6 heteroatoms. The molecular weight excluding hydrogens is 285 g/mol. The predicted molar refractivity (Wildman–Crippen MR) is 69.0 cm³/mol. The molecule has 0 amide bonds. The summed E-state index contributed by atoms with van der Waals surface area (Å²) in [6.07, 6.45) is 0. The summed E-state index contributed by atoms with van der Waals surface area (Å²) in [4.78, 5) is 11.8. The SMILES string of the molecule is COc1c(F)c(F)cc(C(=O)Oc2ccc(C)cc2)c1F. The summed E-state index contributed by atoms with van der Waals surface area (Å²) in [6, 6.07) is 6.81. The Morgan fingerprint density at radius 2 is 1.67 bits per heavy atom. The molecule has 0 aliphatic carbocycles. The highest BCUT2D eigenvalue weighted by Gasteiger charge is 2.24. The zero-order chi connectivity index (χ0) is 15.6. The maximum absolute atomic E-state index is 13.9. The average Bonchev–Trinajstić information content (AvgIpc) is 2.46. The van der Waals surface area contributed by atoms with Gasteiger partial charge in [0.1, 0.15) is 11.3 Å². The lowest BCUT2D eigenvalue weighted by atomic mass is 10.2. The summed E-state index contributed by atoms with van der Waals surface area (Å²) in [5.41, 5.74) is 0.196.